The van der Waals surface area contributed by atoms with E-state index in [4.69, 9.17) is 10.00 Å². The van der Waals surface area contributed by atoms with E-state index < -0.39 is 16.0 Å². The number of sulfonamides is 1. The first-order valence-electron chi connectivity index (χ1n) is 6.64. The molecule has 2 N–H and O–H groups in total. The van der Waals surface area contributed by atoms with Crippen molar-refractivity contribution in [2.75, 3.05) is 11.3 Å². The summed E-state index contributed by atoms with van der Waals surface area (Å²) in [4.78, 5) is 11.5. The summed E-state index contributed by atoms with van der Waals surface area (Å²) in [5.74, 6) is -0.599. The van der Waals surface area contributed by atoms with E-state index >= 15 is 0 Å². The van der Waals surface area contributed by atoms with Crippen LogP contribution in [0.15, 0.2) is 29.2 Å². The molecule has 1 aromatic carbocycles. The molecule has 0 aliphatic carbocycles. The van der Waals surface area contributed by atoms with Crippen molar-refractivity contribution in [1.29, 1.82) is 5.26 Å². The Morgan fingerprint density at radius 1 is 1.39 bits per heavy atom. The third kappa shape index (κ3) is 3.49. The molecule has 23 heavy (non-hydrogen) atoms. The largest absolute Gasteiger partial charge is 0.462 e. The highest BCUT2D eigenvalue weighted by molar-refractivity contribution is 7.92. The maximum absolute atomic E-state index is 12.3. The Morgan fingerprint density at radius 3 is 2.61 bits per heavy atom. The topological polar surface area (TPSA) is 125 Å². The van der Waals surface area contributed by atoms with Crippen LogP contribution in [-0.2, 0) is 14.8 Å². The van der Waals surface area contributed by atoms with E-state index in [9.17, 15) is 13.2 Å². The number of nitrogens with zero attached hydrogens (tertiary/aromatic N) is 2. The molecule has 9 heteroatoms. The minimum atomic E-state index is -3.92. The zero-order valence-electron chi connectivity index (χ0n) is 12.5. The van der Waals surface area contributed by atoms with Gasteiger partial charge in [0.2, 0.25) is 0 Å². The van der Waals surface area contributed by atoms with Crippen LogP contribution in [0.5, 0.6) is 0 Å². The predicted molar refractivity (Wildman–Crippen MR) is 81.2 cm³/mol. The third-order valence-electron chi connectivity index (χ3n) is 2.97. The first-order valence-corrected chi connectivity index (χ1v) is 8.12. The summed E-state index contributed by atoms with van der Waals surface area (Å²) in [6, 6.07) is 7.14. The number of aromatic nitrogens is 2. The van der Waals surface area contributed by atoms with Crippen molar-refractivity contribution in [3.05, 3.63) is 41.1 Å². The minimum absolute atomic E-state index is 0.0601. The summed E-state index contributed by atoms with van der Waals surface area (Å²) in [7, 11) is -3.92. The molecule has 0 saturated heterocycles. The van der Waals surface area contributed by atoms with Crippen LogP contribution in [0, 0.1) is 18.3 Å². The molecule has 2 aromatic rings. The second kappa shape index (κ2) is 6.50. The molecule has 1 aromatic heterocycles. The SMILES string of the molecule is CCOC(=O)c1ccc(S(=O)(=O)Nc2n[nH]c(C)c2C#N)cc1. The van der Waals surface area contributed by atoms with E-state index in [1.807, 2.05) is 6.07 Å². The summed E-state index contributed by atoms with van der Waals surface area (Å²) in [5.41, 5.74) is 0.832. The second-order valence-electron chi connectivity index (χ2n) is 4.53. The molecule has 1 heterocycles. The number of esters is 1. The van der Waals surface area contributed by atoms with Crippen molar-refractivity contribution in [3.8, 4) is 6.07 Å². The standard InChI is InChI=1S/C14H14N4O4S/c1-3-22-14(19)10-4-6-11(7-5-10)23(20,21)18-13-12(8-15)9(2)16-17-13/h4-7H,3H2,1-2H3,(H2,16,17,18). The maximum Gasteiger partial charge on any atom is 0.338 e. The Kier molecular flexibility index (Phi) is 4.66. The van der Waals surface area contributed by atoms with Gasteiger partial charge in [0.05, 0.1) is 22.8 Å². The third-order valence-corrected chi connectivity index (χ3v) is 4.32. The van der Waals surface area contributed by atoms with Gasteiger partial charge in [0.15, 0.2) is 5.82 Å². The van der Waals surface area contributed by atoms with Crippen LogP contribution < -0.4 is 4.72 Å². The molecule has 0 atom stereocenters. The number of carbonyl (C=O) groups excluding carboxylic acids is 1. The summed E-state index contributed by atoms with van der Waals surface area (Å²) >= 11 is 0. The van der Waals surface area contributed by atoms with Gasteiger partial charge >= 0.3 is 5.97 Å². The van der Waals surface area contributed by atoms with Crippen molar-refractivity contribution in [2.24, 2.45) is 0 Å². The quantitative estimate of drug-likeness (QED) is 0.799. The summed E-state index contributed by atoms with van der Waals surface area (Å²) in [5, 5.41) is 15.3. The van der Waals surface area contributed by atoms with Crippen LogP contribution in [0.3, 0.4) is 0 Å². The molecule has 0 radical (unpaired) electrons. The lowest BCUT2D eigenvalue weighted by Crippen LogP contribution is -2.14. The zero-order chi connectivity index (χ0) is 17.0. The van der Waals surface area contributed by atoms with Gasteiger partial charge in [-0.1, -0.05) is 0 Å². The zero-order valence-corrected chi connectivity index (χ0v) is 13.3. The van der Waals surface area contributed by atoms with Crippen LogP contribution >= 0.6 is 0 Å². The first-order chi connectivity index (χ1) is 10.9. The van der Waals surface area contributed by atoms with E-state index in [-0.39, 0.29) is 28.4 Å². The van der Waals surface area contributed by atoms with Crippen LogP contribution in [0.4, 0.5) is 5.82 Å². The molecule has 0 aliphatic heterocycles. The molecular formula is C14H14N4O4S. The molecule has 0 amide bonds. The Balaban J connectivity index is 2.26. The number of nitrogens with one attached hydrogen (secondary N) is 2. The fourth-order valence-electron chi connectivity index (χ4n) is 1.81. The normalized spacial score (nSPS) is 10.8. The number of rotatable bonds is 5. The van der Waals surface area contributed by atoms with Gasteiger partial charge in [-0.25, -0.2) is 13.2 Å². The summed E-state index contributed by atoms with van der Waals surface area (Å²) < 4.78 is 31.7. The number of hydrogen-bond donors (Lipinski definition) is 2. The lowest BCUT2D eigenvalue weighted by atomic mass is 10.2. The Bertz CT molecular complexity index is 863. The van der Waals surface area contributed by atoms with Gasteiger partial charge in [0, 0.05) is 0 Å². The molecule has 120 valence electrons. The van der Waals surface area contributed by atoms with Gasteiger partial charge in [-0.15, -0.1) is 0 Å². The van der Waals surface area contributed by atoms with Crippen molar-refractivity contribution >= 4 is 21.8 Å². The van der Waals surface area contributed by atoms with E-state index in [1.165, 1.54) is 24.3 Å². The molecule has 0 bridgehead atoms. The van der Waals surface area contributed by atoms with Crippen molar-refractivity contribution in [1.82, 2.24) is 10.2 Å². The van der Waals surface area contributed by atoms with E-state index in [0.29, 0.717) is 5.69 Å². The number of nitriles is 1. The molecule has 0 spiro atoms. The fraction of sp³-hybridized carbons (Fsp3) is 0.214. The number of anilines is 1. The highest BCUT2D eigenvalue weighted by Gasteiger charge is 2.20. The highest BCUT2D eigenvalue weighted by atomic mass is 32.2. The Labute approximate surface area is 133 Å². The number of benzene rings is 1. The van der Waals surface area contributed by atoms with Gasteiger partial charge in [0.1, 0.15) is 11.6 Å². The van der Waals surface area contributed by atoms with Crippen LogP contribution in [0.1, 0.15) is 28.5 Å². The maximum atomic E-state index is 12.3. The first kappa shape index (κ1) is 16.5. The smallest absolute Gasteiger partial charge is 0.338 e. The van der Waals surface area contributed by atoms with Gasteiger partial charge in [0.25, 0.3) is 10.0 Å². The molecule has 8 nitrogen and oxygen atoms in total. The average Bonchev–Trinajstić information content (AvgIpc) is 2.87. The van der Waals surface area contributed by atoms with Crippen LogP contribution in [0.2, 0.25) is 0 Å². The molecule has 0 saturated carbocycles. The molecular weight excluding hydrogens is 320 g/mol. The van der Waals surface area contributed by atoms with E-state index in [0.717, 1.165) is 0 Å². The number of ether oxygens (including phenoxy) is 1. The predicted octanol–water partition coefficient (Wildman–Crippen LogP) is 1.57. The monoisotopic (exact) mass is 334 g/mol. The van der Waals surface area contributed by atoms with Crippen molar-refractivity contribution < 1.29 is 17.9 Å². The van der Waals surface area contributed by atoms with E-state index in [2.05, 4.69) is 14.9 Å². The minimum Gasteiger partial charge on any atom is -0.462 e. The number of aromatic amines is 1. The van der Waals surface area contributed by atoms with Gasteiger partial charge in [-0.3, -0.25) is 9.82 Å². The highest BCUT2D eigenvalue weighted by Crippen LogP contribution is 2.20. The van der Waals surface area contributed by atoms with Gasteiger partial charge in [-0.2, -0.15) is 10.4 Å². The van der Waals surface area contributed by atoms with Crippen LogP contribution in [-0.4, -0.2) is 31.2 Å². The fourth-order valence-corrected chi connectivity index (χ4v) is 2.83. The van der Waals surface area contributed by atoms with Crippen molar-refractivity contribution in [2.45, 2.75) is 18.7 Å². The molecule has 0 unspecified atom stereocenters. The lowest BCUT2D eigenvalue weighted by Gasteiger charge is -2.07. The number of carbonyl (C=O) groups is 1. The molecule has 2 rings (SSSR count). The lowest BCUT2D eigenvalue weighted by molar-refractivity contribution is 0.0526. The number of hydrogen-bond acceptors (Lipinski definition) is 6. The average molecular weight is 334 g/mol. The summed E-state index contributed by atoms with van der Waals surface area (Å²) in [6.45, 7) is 3.52. The van der Waals surface area contributed by atoms with Gasteiger partial charge in [-0.05, 0) is 38.1 Å². The van der Waals surface area contributed by atoms with E-state index in [1.54, 1.807) is 13.8 Å². The molecule has 0 aliphatic rings. The number of aryl methyl sites for hydroxylation is 1. The Hall–Kier alpha value is -2.86. The second-order valence-corrected chi connectivity index (χ2v) is 6.22. The van der Waals surface area contributed by atoms with Crippen molar-refractivity contribution in [3.63, 3.8) is 0 Å². The Morgan fingerprint density at radius 2 is 2.04 bits per heavy atom. The van der Waals surface area contributed by atoms with Gasteiger partial charge < -0.3 is 4.74 Å². The van der Waals surface area contributed by atoms with Crippen LogP contribution in [0.25, 0.3) is 0 Å². The molecule has 0 fully saturated rings. The number of H-pyrrole nitrogens is 1. The summed E-state index contributed by atoms with van der Waals surface area (Å²) in [6.07, 6.45) is 0.